The molecule has 0 radical (unpaired) electrons. The van der Waals surface area contributed by atoms with Gasteiger partial charge in [0.1, 0.15) is 4.70 Å². The lowest BCUT2D eigenvalue weighted by Crippen LogP contribution is -2.36. The molecule has 7 heteroatoms. The van der Waals surface area contributed by atoms with Gasteiger partial charge in [0.25, 0.3) is 5.91 Å². The summed E-state index contributed by atoms with van der Waals surface area (Å²) >= 11 is 1.36. The SMILES string of the molecule is O=C(NCc1ccccc1)c1cccc(-c2csc3c(=O)cc(N4CCOCC4)oc23)c1. The number of hydrogen-bond donors (Lipinski definition) is 1. The molecule has 1 fully saturated rings. The van der Waals surface area contributed by atoms with Crippen LogP contribution < -0.4 is 15.6 Å². The molecular weight excluding hydrogens is 424 g/mol. The van der Waals surface area contributed by atoms with E-state index in [2.05, 4.69) is 5.32 Å². The number of carbonyl (C=O) groups is 1. The number of hydrogen-bond acceptors (Lipinski definition) is 6. The Balaban J connectivity index is 1.44. The molecule has 0 saturated carbocycles. The van der Waals surface area contributed by atoms with Crippen LogP contribution in [0.1, 0.15) is 15.9 Å². The molecule has 1 aliphatic heterocycles. The normalized spacial score (nSPS) is 13.9. The van der Waals surface area contributed by atoms with E-state index in [1.165, 1.54) is 11.3 Å². The van der Waals surface area contributed by atoms with Gasteiger partial charge in [0, 0.05) is 42.2 Å². The van der Waals surface area contributed by atoms with Crippen molar-refractivity contribution in [2.45, 2.75) is 6.54 Å². The maximum atomic E-state index is 12.7. The number of benzene rings is 2. The summed E-state index contributed by atoms with van der Waals surface area (Å²) < 4.78 is 12.2. The minimum Gasteiger partial charge on any atom is -0.439 e. The van der Waals surface area contributed by atoms with Gasteiger partial charge in [-0.2, -0.15) is 0 Å². The van der Waals surface area contributed by atoms with Crippen molar-refractivity contribution in [2.75, 3.05) is 31.2 Å². The molecule has 0 bridgehead atoms. The largest absolute Gasteiger partial charge is 0.439 e. The molecule has 1 amide bonds. The number of morpholine rings is 1. The van der Waals surface area contributed by atoms with Gasteiger partial charge >= 0.3 is 0 Å². The van der Waals surface area contributed by atoms with Gasteiger partial charge < -0.3 is 19.4 Å². The fourth-order valence-corrected chi connectivity index (χ4v) is 4.69. The van der Waals surface area contributed by atoms with Gasteiger partial charge in [0.05, 0.1) is 13.2 Å². The van der Waals surface area contributed by atoms with E-state index in [1.807, 2.05) is 58.8 Å². The van der Waals surface area contributed by atoms with Crippen LogP contribution in [0.5, 0.6) is 0 Å². The number of ether oxygens (including phenoxy) is 1. The molecule has 4 aromatic rings. The average Bonchev–Trinajstić information content (AvgIpc) is 3.28. The minimum atomic E-state index is -0.148. The highest BCUT2D eigenvalue weighted by molar-refractivity contribution is 7.17. The molecule has 0 spiro atoms. The number of nitrogens with one attached hydrogen (secondary N) is 1. The standard InChI is InChI=1S/C25H22N2O4S/c28-21-14-22(27-9-11-30-12-10-27)31-23-20(16-32-24(21)23)18-7-4-8-19(13-18)25(29)26-15-17-5-2-1-3-6-17/h1-8,13-14,16H,9-12,15H2,(H,26,29). The highest BCUT2D eigenvalue weighted by Gasteiger charge is 2.19. The summed E-state index contributed by atoms with van der Waals surface area (Å²) in [6.45, 7) is 3.05. The van der Waals surface area contributed by atoms with Crippen LogP contribution in [0.3, 0.4) is 0 Å². The van der Waals surface area contributed by atoms with E-state index < -0.39 is 0 Å². The number of carbonyl (C=O) groups excluding carboxylic acids is 1. The fraction of sp³-hybridized carbons (Fsp3) is 0.200. The Hall–Kier alpha value is -3.42. The molecule has 2 aromatic carbocycles. The first-order chi connectivity index (χ1) is 15.7. The molecule has 6 nitrogen and oxygen atoms in total. The van der Waals surface area contributed by atoms with Crippen LogP contribution in [0.15, 0.2) is 75.3 Å². The van der Waals surface area contributed by atoms with Gasteiger partial charge in [-0.3, -0.25) is 9.59 Å². The Morgan fingerprint density at radius 1 is 1.03 bits per heavy atom. The van der Waals surface area contributed by atoms with Crippen LogP contribution in [-0.4, -0.2) is 32.2 Å². The van der Waals surface area contributed by atoms with Crippen molar-refractivity contribution < 1.29 is 13.9 Å². The Kier molecular flexibility index (Phi) is 5.75. The van der Waals surface area contributed by atoms with E-state index in [1.54, 1.807) is 12.1 Å². The monoisotopic (exact) mass is 446 g/mol. The van der Waals surface area contributed by atoms with Gasteiger partial charge in [0.15, 0.2) is 11.5 Å². The average molecular weight is 447 g/mol. The van der Waals surface area contributed by atoms with Crippen molar-refractivity contribution in [3.63, 3.8) is 0 Å². The van der Waals surface area contributed by atoms with Crippen molar-refractivity contribution in [3.05, 3.63) is 87.4 Å². The van der Waals surface area contributed by atoms with Crippen molar-refractivity contribution in [3.8, 4) is 11.1 Å². The summed E-state index contributed by atoms with van der Waals surface area (Å²) in [5.74, 6) is 0.410. The zero-order chi connectivity index (χ0) is 21.9. The molecule has 0 atom stereocenters. The molecule has 1 aliphatic rings. The van der Waals surface area contributed by atoms with Crippen LogP contribution in [0.2, 0.25) is 0 Å². The Morgan fingerprint density at radius 2 is 1.84 bits per heavy atom. The number of amides is 1. The highest BCUT2D eigenvalue weighted by atomic mass is 32.1. The van der Waals surface area contributed by atoms with Gasteiger partial charge in [-0.15, -0.1) is 11.3 Å². The number of rotatable bonds is 5. The highest BCUT2D eigenvalue weighted by Crippen LogP contribution is 2.35. The van der Waals surface area contributed by atoms with E-state index in [0.717, 1.165) is 16.7 Å². The van der Waals surface area contributed by atoms with E-state index in [-0.39, 0.29) is 11.3 Å². The summed E-state index contributed by atoms with van der Waals surface area (Å²) in [5.41, 5.74) is 3.76. The first-order valence-corrected chi connectivity index (χ1v) is 11.4. The topological polar surface area (TPSA) is 71.8 Å². The second-order valence-corrected chi connectivity index (χ2v) is 8.48. The van der Waals surface area contributed by atoms with Gasteiger partial charge in [-0.05, 0) is 23.3 Å². The van der Waals surface area contributed by atoms with E-state index >= 15 is 0 Å². The van der Waals surface area contributed by atoms with Crippen molar-refractivity contribution in [2.24, 2.45) is 0 Å². The van der Waals surface area contributed by atoms with Crippen LogP contribution in [0.25, 0.3) is 21.4 Å². The maximum absolute atomic E-state index is 12.7. The van der Waals surface area contributed by atoms with Gasteiger partial charge in [0.2, 0.25) is 5.43 Å². The van der Waals surface area contributed by atoms with E-state index in [4.69, 9.17) is 9.15 Å². The summed E-state index contributed by atoms with van der Waals surface area (Å²) in [6, 6.07) is 18.7. The van der Waals surface area contributed by atoms with Crippen LogP contribution >= 0.6 is 11.3 Å². The molecule has 32 heavy (non-hydrogen) atoms. The zero-order valence-corrected chi connectivity index (χ0v) is 18.2. The van der Waals surface area contributed by atoms with Crippen LogP contribution in [-0.2, 0) is 11.3 Å². The van der Waals surface area contributed by atoms with Crippen LogP contribution in [0.4, 0.5) is 5.88 Å². The molecule has 0 aliphatic carbocycles. The first kappa shape index (κ1) is 20.5. The molecule has 5 rings (SSSR count). The predicted molar refractivity (Wildman–Crippen MR) is 126 cm³/mol. The molecule has 1 N–H and O–H groups in total. The maximum Gasteiger partial charge on any atom is 0.251 e. The third-order valence-electron chi connectivity index (χ3n) is 5.48. The Morgan fingerprint density at radius 3 is 2.66 bits per heavy atom. The molecule has 1 saturated heterocycles. The van der Waals surface area contributed by atoms with Crippen LogP contribution in [0, 0.1) is 0 Å². The second kappa shape index (κ2) is 8.98. The molecule has 162 valence electrons. The smallest absolute Gasteiger partial charge is 0.251 e. The second-order valence-electron chi connectivity index (χ2n) is 7.61. The molecule has 0 unspecified atom stereocenters. The van der Waals surface area contributed by atoms with Gasteiger partial charge in [-0.1, -0.05) is 42.5 Å². The number of thiophene rings is 1. The van der Waals surface area contributed by atoms with Crippen molar-refractivity contribution >= 4 is 33.4 Å². The summed E-state index contributed by atoms with van der Waals surface area (Å²) in [4.78, 5) is 27.5. The number of anilines is 1. The zero-order valence-electron chi connectivity index (χ0n) is 17.4. The third kappa shape index (κ3) is 4.17. The summed E-state index contributed by atoms with van der Waals surface area (Å²) in [7, 11) is 0. The number of nitrogens with zero attached hydrogens (tertiary/aromatic N) is 1. The lowest BCUT2D eigenvalue weighted by atomic mass is 10.0. The summed E-state index contributed by atoms with van der Waals surface area (Å²) in [6.07, 6.45) is 0. The molecule has 3 heterocycles. The summed E-state index contributed by atoms with van der Waals surface area (Å²) in [5, 5.41) is 4.87. The Bertz CT molecular complexity index is 1310. The predicted octanol–water partition coefficient (Wildman–Crippen LogP) is 4.29. The lowest BCUT2D eigenvalue weighted by molar-refractivity contribution is 0.0951. The van der Waals surface area contributed by atoms with E-state index in [0.29, 0.717) is 54.6 Å². The first-order valence-electron chi connectivity index (χ1n) is 10.5. The third-order valence-corrected chi connectivity index (χ3v) is 6.46. The van der Waals surface area contributed by atoms with Gasteiger partial charge in [-0.25, -0.2) is 0 Å². The minimum absolute atomic E-state index is 0.0549. The van der Waals surface area contributed by atoms with E-state index in [9.17, 15) is 9.59 Å². The van der Waals surface area contributed by atoms with Crippen molar-refractivity contribution in [1.29, 1.82) is 0 Å². The quantitative estimate of drug-likeness (QED) is 0.495. The molecular formula is C25H22N2O4S. The molecule has 2 aromatic heterocycles. The Labute approximate surface area is 189 Å². The number of fused-ring (bicyclic) bond motifs is 1. The van der Waals surface area contributed by atoms with Crippen molar-refractivity contribution in [1.82, 2.24) is 5.32 Å². The lowest BCUT2D eigenvalue weighted by Gasteiger charge is -2.27. The fourth-order valence-electron chi connectivity index (χ4n) is 3.78.